The number of hydrogen-bond donors (Lipinski definition) is 0. The maximum atomic E-state index is 11.4. The molecule has 0 radical (unpaired) electrons. The number of ether oxygens (including phenoxy) is 1. The van der Waals surface area contributed by atoms with Gasteiger partial charge in [-0.25, -0.2) is 4.79 Å². The van der Waals surface area contributed by atoms with Crippen LogP contribution in [0.2, 0.25) is 0 Å². The Morgan fingerprint density at radius 1 is 1.47 bits per heavy atom. The average molecular weight is 209 g/mol. The molecule has 0 unspecified atom stereocenters. The van der Waals surface area contributed by atoms with Crippen molar-refractivity contribution < 1.29 is 16.4 Å². The van der Waals surface area contributed by atoms with Gasteiger partial charge in [-0.1, -0.05) is 43.6 Å². The minimum atomic E-state index is -0.592. The monoisotopic (exact) mass is 209 g/mol. The molecule has 0 heterocycles. The smallest absolute Gasteiger partial charge is 0.330 e. The minimum Gasteiger partial charge on any atom is -0.463 e. The predicted octanol–water partition coefficient (Wildman–Crippen LogP) is 3.04. The fraction of sp³-hybridized carbons (Fsp3) is 0.308. The largest absolute Gasteiger partial charge is 0.463 e. The van der Waals surface area contributed by atoms with Crippen molar-refractivity contribution >= 4 is 12.0 Å². The Kier molecular flexibility index (Phi) is 2.78. The molecule has 15 heavy (non-hydrogen) atoms. The number of carbonyl (C=O) groups is 1. The number of carbonyl (C=O) groups excluding carboxylic acids is 1. The lowest BCUT2D eigenvalue weighted by Crippen LogP contribution is -2.01. The van der Waals surface area contributed by atoms with Gasteiger partial charge in [0.05, 0.1) is 13.5 Å². The summed E-state index contributed by atoms with van der Waals surface area (Å²) in [6.07, 6.45) is 3.92. The molecule has 2 nitrogen and oxygen atoms in total. The van der Waals surface area contributed by atoms with E-state index in [0.717, 1.165) is 18.9 Å². The third-order valence-corrected chi connectivity index (χ3v) is 1.65. The van der Waals surface area contributed by atoms with Crippen LogP contribution in [0.5, 0.6) is 0 Å². The molecule has 0 fully saturated rings. The molecule has 0 saturated heterocycles. The molecule has 0 atom stereocenters. The summed E-state index contributed by atoms with van der Waals surface area (Å²) in [4.78, 5) is 11.4. The Labute approximate surface area is 97.6 Å². The highest BCUT2D eigenvalue weighted by Gasteiger charge is 1.95. The molecule has 1 rings (SSSR count). The van der Waals surface area contributed by atoms with E-state index in [1.807, 2.05) is 6.92 Å². The van der Waals surface area contributed by atoms with E-state index in [1.165, 1.54) is 6.08 Å². The van der Waals surface area contributed by atoms with Gasteiger partial charge in [-0.3, -0.25) is 0 Å². The first kappa shape index (κ1) is 6.11. The van der Waals surface area contributed by atoms with Gasteiger partial charge >= 0.3 is 5.97 Å². The second-order valence-corrected chi connectivity index (χ2v) is 2.89. The topological polar surface area (TPSA) is 26.3 Å². The van der Waals surface area contributed by atoms with Crippen LogP contribution in [0, 0.1) is 0 Å². The Hall–Kier alpha value is -1.57. The maximum absolute atomic E-state index is 11.4. The van der Waals surface area contributed by atoms with Crippen LogP contribution in [0.25, 0.3) is 6.08 Å². The van der Waals surface area contributed by atoms with Crippen LogP contribution in [0.15, 0.2) is 36.3 Å². The van der Waals surface area contributed by atoms with E-state index in [4.69, 9.17) is 11.6 Å². The van der Waals surface area contributed by atoms with Gasteiger partial charge < -0.3 is 4.74 Å². The zero-order valence-corrected chi connectivity index (χ0v) is 8.59. The molecule has 0 bridgehead atoms. The highest BCUT2D eigenvalue weighted by atomic mass is 16.5. The first-order valence-electron chi connectivity index (χ1n) is 7.31. The van der Waals surface area contributed by atoms with Crippen molar-refractivity contribution in [3.05, 3.63) is 41.9 Å². The van der Waals surface area contributed by atoms with Gasteiger partial charge in [-0.15, -0.1) is 0 Å². The summed E-state index contributed by atoms with van der Waals surface area (Å²) in [6.45, 7) is 2.27. The Bertz CT molecular complexity index is 511. The van der Waals surface area contributed by atoms with Crippen LogP contribution < -0.4 is 0 Å². The third-order valence-electron chi connectivity index (χ3n) is 1.65. The Morgan fingerprint density at radius 3 is 2.87 bits per heavy atom. The van der Waals surface area contributed by atoms with Crippen molar-refractivity contribution in [2.75, 3.05) is 6.61 Å². The standard InChI is InChI=1S/C13H16O2/c1-2-3-11-15-13(14)10-9-12-7-5-4-6-8-12/h4-10H,2-3,11H2,1H3/b10-9+/i4D,5D,6D,7D,8D. The summed E-state index contributed by atoms with van der Waals surface area (Å²) in [6, 6.07) is -1.99. The first-order chi connectivity index (χ1) is 9.40. The zero-order chi connectivity index (χ0) is 15.3. The van der Waals surface area contributed by atoms with E-state index in [2.05, 4.69) is 0 Å². The van der Waals surface area contributed by atoms with Crippen molar-refractivity contribution in [3.63, 3.8) is 0 Å². The highest BCUT2D eigenvalue weighted by molar-refractivity contribution is 5.86. The Morgan fingerprint density at radius 2 is 2.20 bits per heavy atom. The van der Waals surface area contributed by atoms with Gasteiger partial charge in [0.2, 0.25) is 0 Å². The molecule has 0 amide bonds. The third kappa shape index (κ3) is 5.01. The fourth-order valence-electron chi connectivity index (χ4n) is 0.860. The second kappa shape index (κ2) is 6.82. The molecule has 0 aliphatic heterocycles. The highest BCUT2D eigenvalue weighted by Crippen LogP contribution is 2.01. The maximum Gasteiger partial charge on any atom is 0.330 e. The van der Waals surface area contributed by atoms with E-state index in [9.17, 15) is 4.79 Å². The molecule has 1 aromatic rings. The average Bonchev–Trinajstić information content (AvgIpc) is 2.43. The van der Waals surface area contributed by atoms with Crippen LogP contribution in [0.1, 0.15) is 32.2 Å². The number of unbranched alkanes of at least 4 members (excludes halogenated alkanes) is 1. The van der Waals surface area contributed by atoms with E-state index >= 15 is 0 Å². The van der Waals surface area contributed by atoms with Gasteiger partial charge in [-0.05, 0) is 18.1 Å². The lowest BCUT2D eigenvalue weighted by Gasteiger charge is -1.98. The molecule has 0 aliphatic carbocycles. The van der Waals surface area contributed by atoms with Gasteiger partial charge in [-0.2, -0.15) is 0 Å². The van der Waals surface area contributed by atoms with Crippen molar-refractivity contribution in [3.8, 4) is 0 Å². The van der Waals surface area contributed by atoms with Gasteiger partial charge in [0.15, 0.2) is 0 Å². The lowest BCUT2D eigenvalue weighted by molar-refractivity contribution is -0.137. The molecule has 80 valence electrons. The summed E-state index contributed by atoms with van der Waals surface area (Å²) < 4.78 is 42.7. The summed E-state index contributed by atoms with van der Waals surface area (Å²) >= 11 is 0. The number of esters is 1. The molecular formula is C13H16O2. The molecule has 0 N–H and O–H groups in total. The van der Waals surface area contributed by atoms with Gasteiger partial charge in [0.1, 0.15) is 0 Å². The molecule has 0 aromatic heterocycles. The van der Waals surface area contributed by atoms with Crippen molar-refractivity contribution in [1.82, 2.24) is 0 Å². The van der Waals surface area contributed by atoms with E-state index in [-0.39, 0.29) is 17.6 Å². The molecule has 2 heteroatoms. The number of benzene rings is 1. The summed E-state index contributed by atoms with van der Waals surface area (Å²) in [7, 11) is 0. The van der Waals surface area contributed by atoms with E-state index in [1.54, 1.807) is 0 Å². The second-order valence-electron chi connectivity index (χ2n) is 2.89. The molecule has 0 spiro atoms. The number of hydrogen-bond acceptors (Lipinski definition) is 2. The molecule has 0 saturated carbocycles. The number of rotatable bonds is 5. The van der Waals surface area contributed by atoms with Gasteiger partial charge in [0, 0.05) is 6.08 Å². The van der Waals surface area contributed by atoms with E-state index in [0.29, 0.717) is 6.61 Å². The van der Waals surface area contributed by atoms with Crippen molar-refractivity contribution in [1.29, 1.82) is 0 Å². The summed E-state index contributed by atoms with van der Waals surface area (Å²) in [5.41, 5.74) is -0.0246. The summed E-state index contributed by atoms with van der Waals surface area (Å²) in [5, 5.41) is 0. The van der Waals surface area contributed by atoms with Crippen LogP contribution in [-0.4, -0.2) is 12.6 Å². The minimum absolute atomic E-state index is 0.0246. The Balaban J connectivity index is 2.96. The first-order valence-corrected chi connectivity index (χ1v) is 4.81. The molecule has 0 aliphatic rings. The van der Waals surface area contributed by atoms with Crippen LogP contribution in [0.3, 0.4) is 0 Å². The normalized spacial score (nSPS) is 15.1. The lowest BCUT2D eigenvalue weighted by atomic mass is 10.2. The fourth-order valence-corrected chi connectivity index (χ4v) is 0.860. The quantitative estimate of drug-likeness (QED) is 0.423. The van der Waals surface area contributed by atoms with E-state index < -0.39 is 24.1 Å². The predicted molar refractivity (Wildman–Crippen MR) is 61.3 cm³/mol. The van der Waals surface area contributed by atoms with Crippen molar-refractivity contribution in [2.24, 2.45) is 0 Å². The van der Waals surface area contributed by atoms with Crippen LogP contribution >= 0.6 is 0 Å². The SMILES string of the molecule is [2H]c1c([2H])c([2H])c(/C=C/C(=O)OCCCC)c([2H])c1[2H]. The van der Waals surface area contributed by atoms with Crippen molar-refractivity contribution in [2.45, 2.75) is 19.8 Å². The van der Waals surface area contributed by atoms with Crippen LogP contribution in [-0.2, 0) is 9.53 Å². The van der Waals surface area contributed by atoms with Gasteiger partial charge in [0.25, 0.3) is 0 Å². The molecule has 1 aromatic carbocycles. The summed E-state index contributed by atoms with van der Waals surface area (Å²) in [5.74, 6) is -0.592. The molecular weight excluding hydrogens is 188 g/mol. The zero-order valence-electron chi connectivity index (χ0n) is 13.6. The van der Waals surface area contributed by atoms with Crippen LogP contribution in [0.4, 0.5) is 0 Å².